The smallest absolute Gasteiger partial charge is 0.255 e. The van der Waals surface area contributed by atoms with E-state index in [0.29, 0.717) is 17.4 Å². The summed E-state index contributed by atoms with van der Waals surface area (Å²) < 4.78 is 13.3. The molecular formula is C25H23FN2O2S. The van der Waals surface area contributed by atoms with Crippen LogP contribution in [-0.4, -0.2) is 17.6 Å². The summed E-state index contributed by atoms with van der Waals surface area (Å²) in [6.07, 6.45) is 0. The zero-order valence-electron chi connectivity index (χ0n) is 17.3. The van der Waals surface area contributed by atoms with E-state index in [2.05, 4.69) is 31.3 Å². The van der Waals surface area contributed by atoms with Gasteiger partial charge in [0.15, 0.2) is 0 Å². The average Bonchev–Trinajstić information content (AvgIpc) is 3.15. The van der Waals surface area contributed by atoms with Gasteiger partial charge >= 0.3 is 0 Å². The highest BCUT2D eigenvalue weighted by Crippen LogP contribution is 2.42. The van der Waals surface area contributed by atoms with E-state index in [4.69, 9.17) is 0 Å². The number of hydrogen-bond donors (Lipinski definition) is 1. The lowest BCUT2D eigenvalue weighted by Crippen LogP contribution is -2.27. The van der Waals surface area contributed by atoms with Crippen LogP contribution in [0, 0.1) is 5.82 Å². The van der Waals surface area contributed by atoms with Crippen LogP contribution in [-0.2, 0) is 4.79 Å². The molecule has 6 heteroatoms. The van der Waals surface area contributed by atoms with Crippen LogP contribution in [0.1, 0.15) is 46.6 Å². The highest BCUT2D eigenvalue weighted by Gasteiger charge is 2.34. The van der Waals surface area contributed by atoms with Gasteiger partial charge in [-0.2, -0.15) is 0 Å². The maximum atomic E-state index is 13.3. The summed E-state index contributed by atoms with van der Waals surface area (Å²) in [6.45, 7) is 4.28. The topological polar surface area (TPSA) is 49.4 Å². The van der Waals surface area contributed by atoms with Crippen molar-refractivity contribution in [2.45, 2.75) is 25.1 Å². The van der Waals surface area contributed by atoms with Crippen LogP contribution in [0.25, 0.3) is 0 Å². The molecule has 3 aromatic rings. The molecule has 0 radical (unpaired) electrons. The first kappa shape index (κ1) is 21.1. The van der Waals surface area contributed by atoms with Gasteiger partial charge in [-0.15, -0.1) is 11.8 Å². The van der Waals surface area contributed by atoms with E-state index in [-0.39, 0.29) is 22.8 Å². The Morgan fingerprint density at radius 1 is 1.06 bits per heavy atom. The minimum Gasteiger partial charge on any atom is -0.322 e. The number of benzene rings is 3. The third-order valence-corrected chi connectivity index (χ3v) is 6.46. The summed E-state index contributed by atoms with van der Waals surface area (Å²) in [6, 6.07) is 21.1. The van der Waals surface area contributed by atoms with Crippen molar-refractivity contribution in [1.29, 1.82) is 0 Å². The normalized spacial score (nSPS) is 16.1. The van der Waals surface area contributed by atoms with Crippen LogP contribution < -0.4 is 10.2 Å². The second-order valence-electron chi connectivity index (χ2n) is 7.76. The van der Waals surface area contributed by atoms with Gasteiger partial charge in [-0.1, -0.05) is 44.2 Å². The van der Waals surface area contributed by atoms with Gasteiger partial charge in [0.05, 0.1) is 5.75 Å². The van der Waals surface area contributed by atoms with Crippen molar-refractivity contribution in [3.8, 4) is 0 Å². The first-order valence-electron chi connectivity index (χ1n) is 10.1. The summed E-state index contributed by atoms with van der Waals surface area (Å²) in [4.78, 5) is 26.7. The summed E-state index contributed by atoms with van der Waals surface area (Å²) >= 11 is 1.58. The van der Waals surface area contributed by atoms with Crippen LogP contribution >= 0.6 is 11.8 Å². The van der Waals surface area contributed by atoms with E-state index in [1.165, 1.54) is 23.8 Å². The molecule has 0 spiro atoms. The highest BCUT2D eigenvalue weighted by molar-refractivity contribution is 8.00. The fourth-order valence-corrected chi connectivity index (χ4v) is 4.71. The molecule has 1 N–H and O–H groups in total. The number of carbonyl (C=O) groups excluding carboxylic acids is 2. The van der Waals surface area contributed by atoms with E-state index in [9.17, 15) is 14.0 Å². The molecule has 0 bridgehead atoms. The van der Waals surface area contributed by atoms with Gasteiger partial charge < -0.3 is 5.32 Å². The predicted octanol–water partition coefficient (Wildman–Crippen LogP) is 5.98. The molecule has 1 atom stereocenters. The Hall–Kier alpha value is -3.12. The number of halogens is 1. The summed E-state index contributed by atoms with van der Waals surface area (Å²) in [5.41, 5.74) is 3.97. The van der Waals surface area contributed by atoms with Crippen LogP contribution in [0.2, 0.25) is 0 Å². The molecule has 158 valence electrons. The van der Waals surface area contributed by atoms with Gasteiger partial charge in [0, 0.05) is 16.9 Å². The van der Waals surface area contributed by atoms with E-state index in [0.717, 1.165) is 11.3 Å². The van der Waals surface area contributed by atoms with Crippen molar-refractivity contribution >= 4 is 35.0 Å². The summed E-state index contributed by atoms with van der Waals surface area (Å²) in [5, 5.41) is 2.66. The van der Waals surface area contributed by atoms with Gasteiger partial charge in [0.25, 0.3) is 5.91 Å². The van der Waals surface area contributed by atoms with Gasteiger partial charge in [-0.3, -0.25) is 14.5 Å². The standard InChI is InChI=1S/C25H23FN2O2S/c1-16(2)17-8-12-22(13-9-17)28-23(29)15-31-25(28)18-6-10-21(11-7-18)27-24(30)19-4-3-5-20(26)14-19/h3-14,16,25H,15H2,1-2H3,(H,27,30)/t25-/m1/s1. The molecule has 1 saturated heterocycles. The molecule has 0 unspecified atom stereocenters. The number of nitrogens with one attached hydrogen (secondary N) is 1. The Kier molecular flexibility index (Phi) is 6.09. The second kappa shape index (κ2) is 8.94. The molecule has 31 heavy (non-hydrogen) atoms. The molecule has 1 fully saturated rings. The zero-order valence-corrected chi connectivity index (χ0v) is 18.2. The molecule has 3 aromatic carbocycles. The Bertz CT molecular complexity index is 1100. The van der Waals surface area contributed by atoms with E-state index in [1.807, 2.05) is 29.2 Å². The molecule has 0 aromatic heterocycles. The van der Waals surface area contributed by atoms with E-state index < -0.39 is 5.82 Å². The molecule has 0 aliphatic carbocycles. The lowest BCUT2D eigenvalue weighted by Gasteiger charge is -2.25. The number of hydrogen-bond acceptors (Lipinski definition) is 3. The maximum Gasteiger partial charge on any atom is 0.255 e. The summed E-state index contributed by atoms with van der Waals surface area (Å²) in [5.74, 6) is 0.116. The van der Waals surface area contributed by atoms with Crippen LogP contribution in [0.4, 0.5) is 15.8 Å². The fourth-order valence-electron chi connectivity index (χ4n) is 3.53. The van der Waals surface area contributed by atoms with Gasteiger partial charge in [0.2, 0.25) is 5.91 Å². The quantitative estimate of drug-likeness (QED) is 0.537. The first-order chi connectivity index (χ1) is 14.9. The number of amides is 2. The van der Waals surface area contributed by atoms with Crippen molar-refractivity contribution in [3.63, 3.8) is 0 Å². The largest absolute Gasteiger partial charge is 0.322 e. The Morgan fingerprint density at radius 3 is 2.42 bits per heavy atom. The zero-order chi connectivity index (χ0) is 22.0. The molecule has 1 aliphatic heterocycles. The third-order valence-electron chi connectivity index (χ3n) is 5.25. The third kappa shape index (κ3) is 4.64. The summed E-state index contributed by atoms with van der Waals surface area (Å²) in [7, 11) is 0. The molecule has 1 aliphatic rings. The molecule has 0 saturated carbocycles. The molecule has 4 rings (SSSR count). The van der Waals surface area contributed by atoms with Gasteiger partial charge in [-0.25, -0.2) is 4.39 Å². The molecule has 2 amide bonds. The Balaban J connectivity index is 1.51. The predicted molar refractivity (Wildman–Crippen MR) is 124 cm³/mol. The lowest BCUT2D eigenvalue weighted by molar-refractivity contribution is -0.115. The number of rotatable bonds is 5. The van der Waals surface area contributed by atoms with Crippen LogP contribution in [0.3, 0.4) is 0 Å². The monoisotopic (exact) mass is 434 g/mol. The van der Waals surface area contributed by atoms with Crippen LogP contribution in [0.15, 0.2) is 72.8 Å². The first-order valence-corrected chi connectivity index (χ1v) is 11.2. The minimum atomic E-state index is -0.451. The number of carbonyl (C=O) groups is 2. The van der Waals surface area contributed by atoms with Gasteiger partial charge in [-0.05, 0) is 59.5 Å². The molecule has 1 heterocycles. The minimum absolute atomic E-state index is 0.0794. The second-order valence-corrected chi connectivity index (χ2v) is 8.83. The van der Waals surface area contributed by atoms with E-state index >= 15 is 0 Å². The number of anilines is 2. The van der Waals surface area contributed by atoms with Crippen molar-refractivity contribution in [3.05, 3.63) is 95.3 Å². The Labute approximate surface area is 185 Å². The van der Waals surface area contributed by atoms with Gasteiger partial charge in [0.1, 0.15) is 11.2 Å². The van der Waals surface area contributed by atoms with Crippen molar-refractivity contribution in [2.75, 3.05) is 16.0 Å². The van der Waals surface area contributed by atoms with Crippen molar-refractivity contribution in [2.24, 2.45) is 0 Å². The maximum absolute atomic E-state index is 13.3. The molecular weight excluding hydrogens is 411 g/mol. The number of thioether (sulfide) groups is 1. The SMILES string of the molecule is CC(C)c1ccc(N2C(=O)CS[C@@H]2c2ccc(NC(=O)c3cccc(F)c3)cc2)cc1. The lowest BCUT2D eigenvalue weighted by atomic mass is 10.0. The van der Waals surface area contributed by atoms with E-state index in [1.54, 1.807) is 30.0 Å². The van der Waals surface area contributed by atoms with Crippen molar-refractivity contribution < 1.29 is 14.0 Å². The average molecular weight is 435 g/mol. The fraction of sp³-hybridized carbons (Fsp3) is 0.200. The Morgan fingerprint density at radius 2 is 1.77 bits per heavy atom. The highest BCUT2D eigenvalue weighted by atomic mass is 32.2. The van der Waals surface area contributed by atoms with Crippen LogP contribution in [0.5, 0.6) is 0 Å². The number of nitrogens with zero attached hydrogens (tertiary/aromatic N) is 1. The molecule has 4 nitrogen and oxygen atoms in total. The van der Waals surface area contributed by atoms with Crippen molar-refractivity contribution in [1.82, 2.24) is 0 Å².